The summed E-state index contributed by atoms with van der Waals surface area (Å²) in [6.45, 7) is 9.87. The highest BCUT2D eigenvalue weighted by Crippen LogP contribution is 2.17. The van der Waals surface area contributed by atoms with Crippen LogP contribution in [-0.2, 0) is 0 Å². The van der Waals surface area contributed by atoms with Crippen molar-refractivity contribution in [3.63, 3.8) is 0 Å². The molecule has 0 aromatic carbocycles. The lowest BCUT2D eigenvalue weighted by Crippen LogP contribution is -2.08. The smallest absolute Gasteiger partial charge is 0.158 e. The van der Waals surface area contributed by atoms with Crippen molar-refractivity contribution in [2.45, 2.75) is 6.92 Å². The molecule has 0 aliphatic rings. The number of hydrogen-bond acceptors (Lipinski definition) is 4. The maximum atomic E-state index is 4.18. The third-order valence-electron chi connectivity index (χ3n) is 2.44. The maximum Gasteiger partial charge on any atom is 0.158 e. The number of hydrogen-bond donors (Lipinski definition) is 1. The van der Waals surface area contributed by atoms with Crippen molar-refractivity contribution in [1.82, 2.24) is 19.9 Å². The maximum absolute atomic E-state index is 4.18. The van der Waals surface area contributed by atoms with E-state index in [1.54, 1.807) is 22.6 Å². The van der Waals surface area contributed by atoms with Gasteiger partial charge in [-0.3, -0.25) is 0 Å². The molecule has 2 heterocycles. The molecule has 5 heteroatoms. The first-order valence-electron chi connectivity index (χ1n) is 5.11. The molecule has 2 aromatic heterocycles. The Hall–Kier alpha value is -1.75. The van der Waals surface area contributed by atoms with Gasteiger partial charge in [0.2, 0.25) is 0 Å². The van der Waals surface area contributed by atoms with E-state index in [-0.39, 0.29) is 0 Å². The van der Waals surface area contributed by atoms with E-state index in [0.29, 0.717) is 0 Å². The Labute approximate surface area is 104 Å². The van der Waals surface area contributed by atoms with Crippen LogP contribution in [0.5, 0.6) is 0 Å². The predicted octanol–water partition coefficient (Wildman–Crippen LogP) is 2.43. The van der Waals surface area contributed by atoms with Gasteiger partial charge in [0.15, 0.2) is 5.65 Å². The molecule has 0 aliphatic carbocycles. The number of nitrogens with zero attached hydrogens (tertiary/aromatic N) is 3. The van der Waals surface area contributed by atoms with Crippen molar-refractivity contribution < 1.29 is 0 Å². The Balaban J connectivity index is 2.35. The normalized spacial score (nSPS) is 10.5. The van der Waals surface area contributed by atoms with Gasteiger partial charge in [-0.25, -0.2) is 9.50 Å². The zero-order valence-electron chi connectivity index (χ0n) is 9.90. The van der Waals surface area contributed by atoms with Gasteiger partial charge in [0.05, 0.1) is 5.03 Å². The summed E-state index contributed by atoms with van der Waals surface area (Å²) in [7, 11) is 0. The summed E-state index contributed by atoms with van der Waals surface area (Å²) < 4.78 is 1.75. The lowest BCUT2D eigenvalue weighted by molar-refractivity contribution is 0.949. The molecular formula is C12H14N4S. The molecule has 0 saturated heterocycles. The SMILES string of the molecule is C=C(NC(=C)c1cc(C)c2ncnn2c1)SC. The van der Waals surface area contributed by atoms with Crippen molar-refractivity contribution in [2.75, 3.05) is 6.26 Å². The van der Waals surface area contributed by atoms with Gasteiger partial charge in [-0.05, 0) is 24.8 Å². The number of rotatable bonds is 4. The standard InChI is InChI=1S/C12H14N4S/c1-8-5-11(9(2)15-10(3)17-4)6-16-12(8)13-7-14-16/h5-7,15H,2-3H2,1,4H3. The van der Waals surface area contributed by atoms with E-state index in [4.69, 9.17) is 0 Å². The van der Waals surface area contributed by atoms with Crippen molar-refractivity contribution in [3.05, 3.63) is 47.9 Å². The zero-order valence-corrected chi connectivity index (χ0v) is 10.7. The number of aryl methyl sites for hydroxylation is 1. The predicted molar refractivity (Wildman–Crippen MR) is 72.5 cm³/mol. The Morgan fingerprint density at radius 2 is 2.24 bits per heavy atom. The van der Waals surface area contributed by atoms with Crippen LogP contribution in [0.1, 0.15) is 11.1 Å². The van der Waals surface area contributed by atoms with Crippen molar-refractivity contribution in [3.8, 4) is 0 Å². The first-order valence-corrected chi connectivity index (χ1v) is 6.33. The third-order valence-corrected chi connectivity index (χ3v) is 3.04. The molecule has 0 fully saturated rings. The number of thioether (sulfide) groups is 1. The van der Waals surface area contributed by atoms with Gasteiger partial charge in [0.25, 0.3) is 0 Å². The third kappa shape index (κ3) is 2.34. The van der Waals surface area contributed by atoms with E-state index in [2.05, 4.69) is 28.6 Å². The minimum atomic E-state index is 0.810. The average molecular weight is 246 g/mol. The molecule has 2 rings (SSSR count). The van der Waals surface area contributed by atoms with Gasteiger partial charge in [-0.2, -0.15) is 5.10 Å². The fourth-order valence-corrected chi connectivity index (χ4v) is 1.78. The van der Waals surface area contributed by atoms with E-state index in [0.717, 1.165) is 27.5 Å². The lowest BCUT2D eigenvalue weighted by atomic mass is 10.2. The van der Waals surface area contributed by atoms with Crippen LogP contribution in [0.15, 0.2) is 36.8 Å². The van der Waals surface area contributed by atoms with E-state index in [1.165, 1.54) is 0 Å². The van der Waals surface area contributed by atoms with E-state index < -0.39 is 0 Å². The molecule has 4 nitrogen and oxygen atoms in total. The van der Waals surface area contributed by atoms with Crippen LogP contribution in [0.3, 0.4) is 0 Å². The Morgan fingerprint density at radius 3 is 2.94 bits per heavy atom. The van der Waals surface area contributed by atoms with Gasteiger partial charge in [0.1, 0.15) is 6.33 Å². The zero-order chi connectivity index (χ0) is 12.4. The van der Waals surface area contributed by atoms with E-state index in [1.807, 2.05) is 25.4 Å². The minimum Gasteiger partial charge on any atom is -0.351 e. The second-order valence-electron chi connectivity index (χ2n) is 3.67. The Bertz CT molecular complexity index is 585. The summed E-state index contributed by atoms with van der Waals surface area (Å²) in [6.07, 6.45) is 5.41. The molecule has 1 N–H and O–H groups in total. The van der Waals surface area contributed by atoms with Gasteiger partial charge >= 0.3 is 0 Å². The second-order valence-corrected chi connectivity index (χ2v) is 4.57. The van der Waals surface area contributed by atoms with Crippen molar-refractivity contribution in [2.24, 2.45) is 0 Å². The van der Waals surface area contributed by atoms with Crippen LogP contribution in [0, 0.1) is 6.92 Å². The summed E-state index contributed by atoms with van der Waals surface area (Å²) in [5.41, 5.74) is 3.73. The van der Waals surface area contributed by atoms with Crippen LogP contribution in [0.25, 0.3) is 11.3 Å². The quantitative estimate of drug-likeness (QED) is 0.899. The van der Waals surface area contributed by atoms with Crippen LogP contribution in [-0.4, -0.2) is 20.9 Å². The molecule has 0 amide bonds. The Kier molecular flexibility index (Phi) is 3.19. The van der Waals surface area contributed by atoms with Crippen LogP contribution < -0.4 is 5.32 Å². The molecule has 0 saturated carbocycles. The number of fused-ring (bicyclic) bond motifs is 1. The summed E-state index contributed by atoms with van der Waals surface area (Å²) in [4.78, 5) is 4.18. The first kappa shape index (κ1) is 11.7. The molecule has 0 aliphatic heterocycles. The molecule has 0 radical (unpaired) electrons. The fourth-order valence-electron chi connectivity index (χ4n) is 1.55. The van der Waals surface area contributed by atoms with Gasteiger partial charge in [-0.15, -0.1) is 11.8 Å². The molecule has 0 atom stereocenters. The Morgan fingerprint density at radius 1 is 1.47 bits per heavy atom. The molecule has 17 heavy (non-hydrogen) atoms. The van der Waals surface area contributed by atoms with Gasteiger partial charge in [-0.1, -0.05) is 13.2 Å². The lowest BCUT2D eigenvalue weighted by Gasteiger charge is -2.11. The number of pyridine rings is 1. The van der Waals surface area contributed by atoms with Crippen molar-refractivity contribution in [1.29, 1.82) is 0 Å². The van der Waals surface area contributed by atoms with E-state index >= 15 is 0 Å². The molecule has 0 spiro atoms. The second kappa shape index (κ2) is 4.63. The fraction of sp³-hybridized carbons (Fsp3) is 0.167. The summed E-state index contributed by atoms with van der Waals surface area (Å²) >= 11 is 1.56. The minimum absolute atomic E-state index is 0.810. The largest absolute Gasteiger partial charge is 0.351 e. The highest BCUT2D eigenvalue weighted by molar-refractivity contribution is 8.02. The first-order chi connectivity index (χ1) is 8.11. The summed E-state index contributed by atoms with van der Waals surface area (Å²) in [6, 6.07) is 2.03. The van der Waals surface area contributed by atoms with Crippen LogP contribution in [0.2, 0.25) is 0 Å². The highest BCUT2D eigenvalue weighted by Gasteiger charge is 2.05. The van der Waals surface area contributed by atoms with Gasteiger partial charge < -0.3 is 5.32 Å². The van der Waals surface area contributed by atoms with Crippen LogP contribution >= 0.6 is 11.8 Å². The molecule has 0 bridgehead atoms. The summed E-state index contributed by atoms with van der Waals surface area (Å²) in [5, 5.41) is 8.14. The monoisotopic (exact) mass is 246 g/mol. The molecular weight excluding hydrogens is 232 g/mol. The number of aromatic nitrogens is 3. The average Bonchev–Trinajstić information content (AvgIpc) is 2.77. The molecule has 0 unspecified atom stereocenters. The molecule has 88 valence electrons. The van der Waals surface area contributed by atoms with Gasteiger partial charge in [0, 0.05) is 17.5 Å². The highest BCUT2D eigenvalue weighted by atomic mass is 32.2. The van der Waals surface area contributed by atoms with Crippen molar-refractivity contribution >= 4 is 23.1 Å². The summed E-state index contributed by atoms with van der Waals surface area (Å²) in [5.74, 6) is 0. The number of nitrogens with one attached hydrogen (secondary N) is 1. The molecule has 2 aromatic rings. The van der Waals surface area contributed by atoms with Crippen LogP contribution in [0.4, 0.5) is 0 Å². The van der Waals surface area contributed by atoms with E-state index in [9.17, 15) is 0 Å². The topological polar surface area (TPSA) is 42.2 Å².